The smallest absolute Gasteiger partial charge is 0.0363 e. The van der Waals surface area contributed by atoms with Gasteiger partial charge < -0.3 is 0 Å². The summed E-state index contributed by atoms with van der Waals surface area (Å²) in [4.78, 5) is 0. The maximum atomic E-state index is 2.40. The van der Waals surface area contributed by atoms with Crippen LogP contribution in [0.4, 0.5) is 0 Å². The van der Waals surface area contributed by atoms with E-state index in [1.54, 1.807) is 0 Å². The highest BCUT2D eigenvalue weighted by Crippen LogP contribution is 2.43. The van der Waals surface area contributed by atoms with Gasteiger partial charge in [0.2, 0.25) is 0 Å². The minimum Gasteiger partial charge on any atom is -0.0628 e. The topological polar surface area (TPSA) is 0 Å². The first kappa shape index (κ1) is 11.1. The Bertz CT molecular complexity index is 129. The Labute approximate surface area is 84.1 Å². The van der Waals surface area contributed by atoms with E-state index >= 15 is 0 Å². The molecule has 0 N–H and O–H groups in total. The molecule has 0 radical (unpaired) electrons. The van der Waals surface area contributed by atoms with Gasteiger partial charge in [-0.3, -0.25) is 0 Å². The van der Waals surface area contributed by atoms with Crippen molar-refractivity contribution < 1.29 is 0 Å². The lowest BCUT2D eigenvalue weighted by Gasteiger charge is -2.20. The summed E-state index contributed by atoms with van der Waals surface area (Å²) in [6.45, 7) is 9.47. The van der Waals surface area contributed by atoms with Crippen molar-refractivity contribution in [2.75, 3.05) is 0 Å². The zero-order chi connectivity index (χ0) is 9.84. The highest BCUT2D eigenvalue weighted by atomic mass is 14.4. The van der Waals surface area contributed by atoms with Crippen LogP contribution < -0.4 is 0 Å². The van der Waals surface area contributed by atoms with Crippen molar-refractivity contribution in [3.8, 4) is 0 Å². The molecule has 1 aliphatic carbocycles. The number of hydrogen-bond donors (Lipinski definition) is 0. The van der Waals surface area contributed by atoms with Crippen molar-refractivity contribution in [1.82, 2.24) is 0 Å². The van der Waals surface area contributed by atoms with Gasteiger partial charge in [-0.1, -0.05) is 40.5 Å². The summed E-state index contributed by atoms with van der Waals surface area (Å²) in [5.74, 6) is 3.96. The molecule has 1 fully saturated rings. The van der Waals surface area contributed by atoms with Gasteiger partial charge >= 0.3 is 0 Å². The Balaban J connectivity index is 2.15. The quantitative estimate of drug-likeness (QED) is 0.567. The first-order valence-electron chi connectivity index (χ1n) is 6.11. The van der Waals surface area contributed by atoms with Crippen LogP contribution in [0.15, 0.2) is 0 Å². The third kappa shape index (κ3) is 4.15. The molecule has 1 rings (SSSR count). The average molecular weight is 182 g/mol. The Morgan fingerprint density at radius 3 is 2.00 bits per heavy atom. The molecule has 13 heavy (non-hydrogen) atoms. The van der Waals surface area contributed by atoms with Gasteiger partial charge in [0, 0.05) is 0 Å². The molecule has 1 saturated carbocycles. The van der Waals surface area contributed by atoms with E-state index in [0.29, 0.717) is 0 Å². The maximum absolute atomic E-state index is 2.40. The second kappa shape index (κ2) is 5.02. The maximum Gasteiger partial charge on any atom is -0.0363 e. The normalized spacial score (nSPS) is 19.8. The summed E-state index contributed by atoms with van der Waals surface area (Å²) in [6.07, 6.45) is 7.41. The van der Waals surface area contributed by atoms with E-state index in [9.17, 15) is 0 Å². The fourth-order valence-corrected chi connectivity index (χ4v) is 2.40. The van der Waals surface area contributed by atoms with Gasteiger partial charge in [-0.15, -0.1) is 0 Å². The van der Waals surface area contributed by atoms with E-state index in [1.807, 2.05) is 0 Å². The van der Waals surface area contributed by atoms with Crippen LogP contribution in [0, 0.1) is 23.7 Å². The molecule has 0 heterocycles. The fraction of sp³-hybridized carbons (Fsp3) is 1.00. The largest absolute Gasteiger partial charge is 0.0628 e. The van der Waals surface area contributed by atoms with E-state index in [1.165, 1.54) is 32.1 Å². The fourth-order valence-electron chi connectivity index (χ4n) is 2.40. The van der Waals surface area contributed by atoms with Crippen LogP contribution in [0.3, 0.4) is 0 Å². The summed E-state index contributed by atoms with van der Waals surface area (Å²) in [6, 6.07) is 0. The van der Waals surface area contributed by atoms with Crippen molar-refractivity contribution in [3.63, 3.8) is 0 Å². The minimum absolute atomic E-state index is 0.895. The lowest BCUT2D eigenvalue weighted by atomic mass is 9.85. The van der Waals surface area contributed by atoms with E-state index in [4.69, 9.17) is 0 Å². The zero-order valence-corrected chi connectivity index (χ0v) is 9.84. The molecule has 0 aromatic heterocycles. The first-order valence-corrected chi connectivity index (χ1v) is 6.11. The Morgan fingerprint density at radius 1 is 1.00 bits per heavy atom. The van der Waals surface area contributed by atoms with E-state index in [0.717, 1.165) is 23.7 Å². The highest BCUT2D eigenvalue weighted by molar-refractivity contribution is 4.82. The molecule has 0 nitrogen and oxygen atoms in total. The predicted octanol–water partition coefficient (Wildman–Crippen LogP) is 4.49. The molecule has 0 bridgehead atoms. The van der Waals surface area contributed by atoms with Crippen LogP contribution in [-0.2, 0) is 0 Å². The highest BCUT2D eigenvalue weighted by Gasteiger charge is 2.32. The van der Waals surface area contributed by atoms with Gasteiger partial charge in [0.25, 0.3) is 0 Å². The van der Waals surface area contributed by atoms with E-state index in [-0.39, 0.29) is 0 Å². The van der Waals surface area contributed by atoms with Crippen LogP contribution in [0.5, 0.6) is 0 Å². The van der Waals surface area contributed by atoms with Crippen LogP contribution in [-0.4, -0.2) is 0 Å². The Kier molecular flexibility index (Phi) is 4.28. The van der Waals surface area contributed by atoms with Crippen molar-refractivity contribution in [1.29, 1.82) is 0 Å². The van der Waals surface area contributed by atoms with Gasteiger partial charge in [0.05, 0.1) is 0 Å². The van der Waals surface area contributed by atoms with Crippen molar-refractivity contribution in [3.05, 3.63) is 0 Å². The van der Waals surface area contributed by atoms with Crippen LogP contribution in [0.25, 0.3) is 0 Å². The number of rotatable bonds is 6. The molecule has 1 unspecified atom stereocenters. The lowest BCUT2D eigenvalue weighted by molar-refractivity contribution is 0.301. The molecule has 0 aromatic carbocycles. The summed E-state index contributed by atoms with van der Waals surface area (Å²) < 4.78 is 0. The molecule has 78 valence electrons. The molecule has 0 spiro atoms. The third-order valence-electron chi connectivity index (χ3n) is 3.40. The number of hydrogen-bond acceptors (Lipinski definition) is 0. The SMILES string of the molecule is CC(C)CCCC(C(C)C)C1CC1. The van der Waals surface area contributed by atoms with Crippen LogP contribution in [0.2, 0.25) is 0 Å². The first-order chi connectivity index (χ1) is 6.11. The predicted molar refractivity (Wildman–Crippen MR) is 59.7 cm³/mol. The molecule has 0 aromatic rings. The molecule has 0 saturated heterocycles. The van der Waals surface area contributed by atoms with Crippen molar-refractivity contribution >= 4 is 0 Å². The van der Waals surface area contributed by atoms with Gasteiger partial charge in [-0.25, -0.2) is 0 Å². The summed E-state index contributed by atoms with van der Waals surface area (Å²) in [7, 11) is 0. The molecule has 0 aliphatic heterocycles. The van der Waals surface area contributed by atoms with Gasteiger partial charge in [0.15, 0.2) is 0 Å². The lowest BCUT2D eigenvalue weighted by Crippen LogP contribution is -2.11. The van der Waals surface area contributed by atoms with Crippen molar-refractivity contribution in [2.45, 2.75) is 59.8 Å². The van der Waals surface area contributed by atoms with Crippen molar-refractivity contribution in [2.24, 2.45) is 23.7 Å². The summed E-state index contributed by atoms with van der Waals surface area (Å²) >= 11 is 0. The Hall–Kier alpha value is 0. The third-order valence-corrected chi connectivity index (χ3v) is 3.40. The second-order valence-corrected chi connectivity index (χ2v) is 5.57. The molecule has 1 aliphatic rings. The van der Waals surface area contributed by atoms with Gasteiger partial charge in [0.1, 0.15) is 0 Å². The molecule has 0 amide bonds. The molecular weight excluding hydrogens is 156 g/mol. The zero-order valence-electron chi connectivity index (χ0n) is 9.84. The molecule has 0 heteroatoms. The Morgan fingerprint density at radius 2 is 1.62 bits per heavy atom. The van der Waals surface area contributed by atoms with Gasteiger partial charge in [-0.2, -0.15) is 0 Å². The van der Waals surface area contributed by atoms with Crippen LogP contribution in [0.1, 0.15) is 59.8 Å². The minimum atomic E-state index is 0.895. The average Bonchev–Trinajstić information content (AvgIpc) is 2.79. The van der Waals surface area contributed by atoms with Crippen LogP contribution >= 0.6 is 0 Å². The van der Waals surface area contributed by atoms with Gasteiger partial charge in [-0.05, 0) is 42.9 Å². The van der Waals surface area contributed by atoms with E-state index in [2.05, 4.69) is 27.7 Å². The second-order valence-electron chi connectivity index (χ2n) is 5.57. The van der Waals surface area contributed by atoms with E-state index < -0.39 is 0 Å². The standard InChI is InChI=1S/C13H26/c1-10(2)6-5-7-13(11(3)4)12-8-9-12/h10-13H,5-9H2,1-4H3. The summed E-state index contributed by atoms with van der Waals surface area (Å²) in [5.41, 5.74) is 0. The molecular formula is C13H26. The monoisotopic (exact) mass is 182 g/mol. The summed E-state index contributed by atoms with van der Waals surface area (Å²) in [5, 5.41) is 0. The molecule has 1 atom stereocenters.